The molecule has 0 fully saturated rings. The molecule has 0 saturated heterocycles. The van der Waals surface area contributed by atoms with Crippen molar-refractivity contribution in [1.82, 2.24) is 4.57 Å². The van der Waals surface area contributed by atoms with Gasteiger partial charge in [0.2, 0.25) is 0 Å². The van der Waals surface area contributed by atoms with E-state index in [1.54, 1.807) is 4.90 Å². The molecule has 0 aliphatic rings. The number of nitrogens with zero attached hydrogens (tertiary/aromatic N) is 2. The summed E-state index contributed by atoms with van der Waals surface area (Å²) in [6.07, 6.45) is 0. The number of hydrogen-bond donors (Lipinski definition) is 2. The van der Waals surface area contributed by atoms with Crippen molar-refractivity contribution in [3.05, 3.63) is 169 Å². The average molecular weight is 581 g/mol. The van der Waals surface area contributed by atoms with Crippen molar-refractivity contribution >= 4 is 50.1 Å². The van der Waals surface area contributed by atoms with Gasteiger partial charge in [-0.05, 0) is 42.5 Å². The molecule has 0 amide bonds. The molecule has 0 aliphatic heterocycles. The Balaban J connectivity index is 1.32. The van der Waals surface area contributed by atoms with Crippen LogP contribution in [0.2, 0.25) is 0 Å². The third-order valence-corrected chi connectivity index (χ3v) is 8.27. The van der Waals surface area contributed by atoms with Crippen LogP contribution in [0, 0.1) is 10.8 Å². The molecule has 0 aliphatic carbocycles. The molecule has 0 atom stereocenters. The van der Waals surface area contributed by atoms with Crippen LogP contribution in [-0.4, -0.2) is 16.2 Å². The summed E-state index contributed by atoms with van der Waals surface area (Å²) < 4.78 is 8.81. The standard InChI is InChI=1S/C40H28N4O/c41-39(28-15-6-2-7-16-28)44(40(42)29-17-8-3-9-18-29)32-20-12-19-31(26-32)43-34-22-11-10-21-33(34)37-35(43)24-23-30-25-36(45-38(30)37)27-13-4-1-5-14-27/h1-26,41-42H. The van der Waals surface area contributed by atoms with Crippen molar-refractivity contribution in [2.45, 2.75) is 0 Å². The lowest BCUT2D eigenvalue weighted by molar-refractivity contribution is 0.635. The zero-order valence-corrected chi connectivity index (χ0v) is 24.3. The molecule has 2 N–H and O–H groups in total. The molecule has 0 bridgehead atoms. The highest BCUT2D eigenvalue weighted by molar-refractivity contribution is 6.27. The number of para-hydroxylation sites is 1. The Morgan fingerprint density at radius 1 is 0.556 bits per heavy atom. The summed E-state index contributed by atoms with van der Waals surface area (Å²) in [5, 5.41) is 21.7. The number of amidine groups is 2. The predicted octanol–water partition coefficient (Wildman–Crippen LogP) is 10.1. The molecule has 45 heavy (non-hydrogen) atoms. The molecular weight excluding hydrogens is 552 g/mol. The first-order chi connectivity index (χ1) is 22.2. The Hall–Kier alpha value is -6.20. The Morgan fingerprint density at radius 2 is 1.18 bits per heavy atom. The summed E-state index contributed by atoms with van der Waals surface area (Å²) in [7, 11) is 0. The fraction of sp³-hybridized carbons (Fsp3) is 0. The number of rotatable bonds is 5. The summed E-state index contributed by atoms with van der Waals surface area (Å²) in [5.41, 5.74) is 7.10. The first-order valence-corrected chi connectivity index (χ1v) is 14.9. The number of nitrogens with one attached hydrogen (secondary N) is 2. The minimum atomic E-state index is 0.231. The molecule has 5 heteroatoms. The van der Waals surface area contributed by atoms with Crippen LogP contribution in [0.4, 0.5) is 5.69 Å². The maximum Gasteiger partial charge on any atom is 0.144 e. The van der Waals surface area contributed by atoms with Crippen molar-refractivity contribution in [3.63, 3.8) is 0 Å². The fourth-order valence-electron chi connectivity index (χ4n) is 6.16. The molecular formula is C40H28N4O. The van der Waals surface area contributed by atoms with Gasteiger partial charge in [0, 0.05) is 33.2 Å². The Morgan fingerprint density at radius 3 is 1.87 bits per heavy atom. The number of anilines is 1. The van der Waals surface area contributed by atoms with Gasteiger partial charge in [0.25, 0.3) is 0 Å². The van der Waals surface area contributed by atoms with Gasteiger partial charge in [-0.3, -0.25) is 15.7 Å². The number of furan rings is 1. The zero-order chi connectivity index (χ0) is 30.3. The highest BCUT2D eigenvalue weighted by Gasteiger charge is 2.22. The van der Waals surface area contributed by atoms with Crippen LogP contribution >= 0.6 is 0 Å². The first-order valence-electron chi connectivity index (χ1n) is 14.9. The second-order valence-corrected chi connectivity index (χ2v) is 11.0. The quantitative estimate of drug-likeness (QED) is 0.157. The van der Waals surface area contributed by atoms with Crippen LogP contribution in [0.3, 0.4) is 0 Å². The highest BCUT2D eigenvalue weighted by Crippen LogP contribution is 2.40. The van der Waals surface area contributed by atoms with Crippen LogP contribution < -0.4 is 4.90 Å². The Labute approximate surface area is 260 Å². The molecule has 8 rings (SSSR count). The highest BCUT2D eigenvalue weighted by atomic mass is 16.3. The van der Waals surface area contributed by atoms with E-state index in [2.05, 4.69) is 71.3 Å². The van der Waals surface area contributed by atoms with Crippen LogP contribution in [-0.2, 0) is 0 Å². The van der Waals surface area contributed by atoms with Gasteiger partial charge < -0.3 is 8.98 Å². The van der Waals surface area contributed by atoms with E-state index in [4.69, 9.17) is 4.42 Å². The minimum Gasteiger partial charge on any atom is -0.455 e. The molecule has 214 valence electrons. The summed E-state index contributed by atoms with van der Waals surface area (Å²) >= 11 is 0. The van der Waals surface area contributed by atoms with E-state index in [1.165, 1.54) is 0 Å². The fourth-order valence-corrected chi connectivity index (χ4v) is 6.16. The summed E-state index contributed by atoms with van der Waals surface area (Å²) in [6.45, 7) is 0. The molecule has 0 saturated carbocycles. The smallest absolute Gasteiger partial charge is 0.144 e. The SMILES string of the molecule is N=C(c1ccccc1)N(C(=N)c1ccccc1)c1cccc(-n2c3ccccc3c3c4oc(-c5ccccc5)cc4ccc32)c1. The average Bonchev–Trinajstić information content (AvgIpc) is 3.69. The van der Waals surface area contributed by atoms with Crippen molar-refractivity contribution in [3.8, 4) is 17.0 Å². The topological polar surface area (TPSA) is 69.0 Å². The van der Waals surface area contributed by atoms with Crippen LogP contribution in [0.15, 0.2) is 162 Å². The van der Waals surface area contributed by atoms with Gasteiger partial charge >= 0.3 is 0 Å². The lowest BCUT2D eigenvalue weighted by atomic mass is 10.1. The molecule has 0 spiro atoms. The Kier molecular flexibility index (Phi) is 6.35. The van der Waals surface area contributed by atoms with E-state index in [9.17, 15) is 10.8 Å². The molecule has 8 aromatic rings. The second-order valence-electron chi connectivity index (χ2n) is 11.0. The van der Waals surface area contributed by atoms with E-state index in [0.717, 1.165) is 66.6 Å². The lowest BCUT2D eigenvalue weighted by Gasteiger charge is -2.27. The van der Waals surface area contributed by atoms with Crippen LogP contribution in [0.1, 0.15) is 11.1 Å². The lowest BCUT2D eigenvalue weighted by Crippen LogP contribution is -2.37. The van der Waals surface area contributed by atoms with Gasteiger partial charge in [-0.25, -0.2) is 0 Å². The Bertz CT molecular complexity index is 2300. The van der Waals surface area contributed by atoms with Gasteiger partial charge in [0.05, 0.1) is 22.1 Å². The second kappa shape index (κ2) is 10.8. The number of hydrogen-bond acceptors (Lipinski definition) is 3. The van der Waals surface area contributed by atoms with Crippen LogP contribution in [0.5, 0.6) is 0 Å². The predicted molar refractivity (Wildman–Crippen MR) is 185 cm³/mol. The van der Waals surface area contributed by atoms with E-state index in [1.807, 2.05) is 91.0 Å². The van der Waals surface area contributed by atoms with Crippen molar-refractivity contribution < 1.29 is 4.42 Å². The summed E-state index contributed by atoms with van der Waals surface area (Å²) in [6, 6.07) is 52.2. The number of benzene rings is 6. The van der Waals surface area contributed by atoms with Crippen molar-refractivity contribution in [2.24, 2.45) is 0 Å². The minimum absolute atomic E-state index is 0.231. The molecule has 5 nitrogen and oxygen atoms in total. The monoisotopic (exact) mass is 580 g/mol. The largest absolute Gasteiger partial charge is 0.455 e. The van der Waals surface area contributed by atoms with E-state index < -0.39 is 0 Å². The molecule has 2 heterocycles. The van der Waals surface area contributed by atoms with Crippen molar-refractivity contribution in [1.29, 1.82) is 10.8 Å². The normalized spacial score (nSPS) is 11.3. The molecule has 0 radical (unpaired) electrons. The molecule has 6 aromatic carbocycles. The van der Waals surface area contributed by atoms with Gasteiger partial charge in [-0.15, -0.1) is 0 Å². The summed E-state index contributed by atoms with van der Waals surface area (Å²) in [4.78, 5) is 1.71. The van der Waals surface area contributed by atoms with Gasteiger partial charge in [0.15, 0.2) is 0 Å². The van der Waals surface area contributed by atoms with Crippen LogP contribution in [0.25, 0.3) is 49.8 Å². The maximum absolute atomic E-state index is 9.24. The number of aromatic nitrogens is 1. The zero-order valence-electron chi connectivity index (χ0n) is 24.3. The summed E-state index contributed by atoms with van der Waals surface area (Å²) in [5.74, 6) is 1.30. The number of fused-ring (bicyclic) bond motifs is 5. The van der Waals surface area contributed by atoms with Gasteiger partial charge in [-0.2, -0.15) is 0 Å². The van der Waals surface area contributed by atoms with E-state index in [0.29, 0.717) is 0 Å². The van der Waals surface area contributed by atoms with Crippen molar-refractivity contribution in [2.75, 3.05) is 4.90 Å². The maximum atomic E-state index is 9.24. The van der Waals surface area contributed by atoms with Gasteiger partial charge in [0.1, 0.15) is 23.0 Å². The molecule has 0 unspecified atom stereocenters. The first kappa shape index (κ1) is 26.4. The van der Waals surface area contributed by atoms with E-state index >= 15 is 0 Å². The van der Waals surface area contributed by atoms with E-state index in [-0.39, 0.29) is 11.7 Å². The molecule has 2 aromatic heterocycles. The third kappa shape index (κ3) is 4.50. The third-order valence-electron chi connectivity index (χ3n) is 8.27. The van der Waals surface area contributed by atoms with Gasteiger partial charge in [-0.1, -0.05) is 115 Å².